The van der Waals surface area contributed by atoms with Gasteiger partial charge in [-0.3, -0.25) is 9.48 Å². The van der Waals surface area contributed by atoms with Crippen LogP contribution >= 0.6 is 0 Å². The summed E-state index contributed by atoms with van der Waals surface area (Å²) >= 11 is 0. The molecule has 168 valence electrons. The van der Waals surface area contributed by atoms with Crippen LogP contribution in [0, 0.1) is 0 Å². The van der Waals surface area contributed by atoms with Crippen molar-refractivity contribution in [3.63, 3.8) is 0 Å². The van der Waals surface area contributed by atoms with Crippen molar-refractivity contribution in [2.75, 3.05) is 19.7 Å². The fraction of sp³-hybridized carbons (Fsp3) is 0.542. The van der Waals surface area contributed by atoms with Crippen molar-refractivity contribution in [2.45, 2.75) is 65.0 Å². The Labute approximate surface area is 184 Å². The number of carbonyl (C=O) groups is 2. The molecule has 1 amide bonds. The predicted molar refractivity (Wildman–Crippen MR) is 118 cm³/mol. The summed E-state index contributed by atoms with van der Waals surface area (Å²) in [4.78, 5) is 26.9. The second kappa shape index (κ2) is 9.54. The van der Waals surface area contributed by atoms with Gasteiger partial charge in [-0.1, -0.05) is 39.0 Å². The van der Waals surface area contributed by atoms with Gasteiger partial charge in [0.15, 0.2) is 11.8 Å². The number of piperidine rings is 1. The van der Waals surface area contributed by atoms with Gasteiger partial charge in [-0.25, -0.2) is 4.79 Å². The van der Waals surface area contributed by atoms with Crippen molar-refractivity contribution in [1.29, 1.82) is 0 Å². The van der Waals surface area contributed by atoms with Crippen LogP contribution in [-0.4, -0.2) is 52.4 Å². The van der Waals surface area contributed by atoms with Gasteiger partial charge in [-0.15, -0.1) is 0 Å². The molecule has 7 nitrogen and oxygen atoms in total. The summed E-state index contributed by atoms with van der Waals surface area (Å²) in [7, 11) is 0. The van der Waals surface area contributed by atoms with E-state index in [0.717, 1.165) is 18.5 Å². The number of hydrogen-bond donors (Lipinski definition) is 0. The van der Waals surface area contributed by atoms with Crippen molar-refractivity contribution in [1.82, 2.24) is 14.7 Å². The molecule has 1 unspecified atom stereocenters. The quantitative estimate of drug-likeness (QED) is 0.652. The van der Waals surface area contributed by atoms with Crippen LogP contribution in [0.5, 0.6) is 5.75 Å². The molecule has 0 spiro atoms. The number of rotatable bonds is 6. The lowest BCUT2D eigenvalue weighted by Gasteiger charge is -2.35. The molecule has 7 heteroatoms. The number of amides is 1. The molecule has 0 N–H and O–H groups in total. The molecule has 1 atom stereocenters. The maximum Gasteiger partial charge on any atom is 0.358 e. The lowest BCUT2D eigenvalue weighted by molar-refractivity contribution is -0.139. The van der Waals surface area contributed by atoms with E-state index in [1.807, 2.05) is 46.0 Å². The number of aromatic nitrogens is 2. The molecular formula is C24H33N3O4. The minimum Gasteiger partial charge on any atom is -0.481 e. The normalized spacial score (nSPS) is 16.1. The van der Waals surface area contributed by atoms with Gasteiger partial charge in [0.1, 0.15) is 5.75 Å². The highest BCUT2D eigenvalue weighted by Crippen LogP contribution is 2.31. The fourth-order valence-electron chi connectivity index (χ4n) is 3.88. The molecule has 2 heterocycles. The Kier molecular flexibility index (Phi) is 7.03. The summed E-state index contributed by atoms with van der Waals surface area (Å²) in [6.45, 7) is 11.5. The van der Waals surface area contributed by atoms with Gasteiger partial charge < -0.3 is 14.4 Å². The predicted octanol–water partition coefficient (Wildman–Crippen LogP) is 3.99. The lowest BCUT2D eigenvalue weighted by Crippen LogP contribution is -2.45. The van der Waals surface area contributed by atoms with Crippen LogP contribution in [0.4, 0.5) is 0 Å². The highest BCUT2D eigenvalue weighted by molar-refractivity contribution is 5.87. The van der Waals surface area contributed by atoms with Gasteiger partial charge in [0.2, 0.25) is 0 Å². The Bertz CT molecular complexity index is 893. The number of carbonyl (C=O) groups excluding carboxylic acids is 2. The Morgan fingerprint density at radius 3 is 2.39 bits per heavy atom. The Morgan fingerprint density at radius 1 is 1.16 bits per heavy atom. The molecule has 0 saturated carbocycles. The van der Waals surface area contributed by atoms with Gasteiger partial charge in [0.05, 0.1) is 12.6 Å². The first-order chi connectivity index (χ1) is 14.7. The zero-order chi connectivity index (χ0) is 22.6. The number of likely N-dealkylation sites (tertiary alicyclic amines) is 1. The smallest absolute Gasteiger partial charge is 0.358 e. The van der Waals surface area contributed by atoms with E-state index in [-0.39, 0.29) is 17.4 Å². The van der Waals surface area contributed by atoms with E-state index in [4.69, 9.17) is 9.47 Å². The molecule has 1 fully saturated rings. The zero-order valence-electron chi connectivity index (χ0n) is 19.1. The number of hydrogen-bond acceptors (Lipinski definition) is 5. The zero-order valence-corrected chi connectivity index (χ0v) is 19.1. The maximum absolute atomic E-state index is 12.9. The van der Waals surface area contributed by atoms with Crippen LogP contribution in [0.2, 0.25) is 0 Å². The van der Waals surface area contributed by atoms with Gasteiger partial charge >= 0.3 is 5.97 Å². The van der Waals surface area contributed by atoms with Crippen molar-refractivity contribution >= 4 is 11.9 Å². The van der Waals surface area contributed by atoms with Crippen LogP contribution in [0.25, 0.3) is 0 Å². The first-order valence-electron chi connectivity index (χ1n) is 11.0. The monoisotopic (exact) mass is 427 g/mol. The van der Waals surface area contributed by atoms with Crippen LogP contribution in [0.15, 0.2) is 36.4 Å². The van der Waals surface area contributed by atoms with Crippen molar-refractivity contribution < 1.29 is 19.1 Å². The number of esters is 1. The fourth-order valence-corrected chi connectivity index (χ4v) is 3.88. The van der Waals surface area contributed by atoms with E-state index in [1.165, 1.54) is 0 Å². The second-order valence-electron chi connectivity index (χ2n) is 8.96. The molecule has 1 aliphatic heterocycles. The molecule has 1 saturated heterocycles. The van der Waals surface area contributed by atoms with Gasteiger partial charge in [0, 0.05) is 24.2 Å². The molecule has 0 bridgehead atoms. The number of benzene rings is 1. The molecular weight excluding hydrogens is 394 g/mol. The van der Waals surface area contributed by atoms with Crippen molar-refractivity contribution in [3.8, 4) is 5.75 Å². The maximum atomic E-state index is 12.9. The summed E-state index contributed by atoms with van der Waals surface area (Å²) in [6, 6.07) is 11.4. The van der Waals surface area contributed by atoms with E-state index in [1.54, 1.807) is 13.8 Å². The van der Waals surface area contributed by atoms with E-state index in [9.17, 15) is 9.59 Å². The minimum atomic E-state index is -0.538. The summed E-state index contributed by atoms with van der Waals surface area (Å²) in [5.41, 5.74) is 1.18. The average molecular weight is 428 g/mol. The largest absolute Gasteiger partial charge is 0.481 e. The molecule has 1 aromatic heterocycles. The van der Waals surface area contributed by atoms with E-state index in [0.29, 0.717) is 31.1 Å². The van der Waals surface area contributed by atoms with Crippen molar-refractivity contribution in [2.24, 2.45) is 0 Å². The van der Waals surface area contributed by atoms with E-state index in [2.05, 4.69) is 25.9 Å². The van der Waals surface area contributed by atoms with Crippen LogP contribution in [0.1, 0.15) is 69.7 Å². The van der Waals surface area contributed by atoms with Gasteiger partial charge in [-0.2, -0.15) is 5.10 Å². The molecule has 1 aliphatic rings. The van der Waals surface area contributed by atoms with E-state index >= 15 is 0 Å². The highest BCUT2D eigenvalue weighted by atomic mass is 16.5. The third-order valence-electron chi connectivity index (χ3n) is 5.51. The van der Waals surface area contributed by atoms with Crippen molar-refractivity contribution in [3.05, 3.63) is 47.8 Å². The molecule has 31 heavy (non-hydrogen) atoms. The minimum absolute atomic E-state index is 0.00831. The first kappa shape index (κ1) is 22.8. The molecule has 3 rings (SSSR count). The highest BCUT2D eigenvalue weighted by Gasteiger charge is 2.32. The average Bonchev–Trinajstić information content (AvgIpc) is 3.20. The van der Waals surface area contributed by atoms with Crippen LogP contribution in [-0.2, 0) is 14.9 Å². The summed E-state index contributed by atoms with van der Waals surface area (Å²) < 4.78 is 12.9. The third-order valence-corrected chi connectivity index (χ3v) is 5.51. The van der Waals surface area contributed by atoms with Crippen LogP contribution in [0.3, 0.4) is 0 Å². The van der Waals surface area contributed by atoms with Gasteiger partial charge in [0.25, 0.3) is 5.91 Å². The lowest BCUT2D eigenvalue weighted by atomic mass is 9.91. The molecule has 2 aromatic rings. The topological polar surface area (TPSA) is 73.7 Å². The molecule has 0 radical (unpaired) electrons. The summed E-state index contributed by atoms with van der Waals surface area (Å²) in [5.74, 6) is 0.286. The Hall–Kier alpha value is -2.83. The molecule has 0 aliphatic carbocycles. The number of nitrogens with zero attached hydrogens (tertiary/aromatic N) is 3. The first-order valence-corrected chi connectivity index (χ1v) is 11.0. The van der Waals surface area contributed by atoms with E-state index < -0.39 is 12.1 Å². The summed E-state index contributed by atoms with van der Waals surface area (Å²) in [5, 5.41) is 4.59. The standard InChI is InChI=1S/C24H33N3O4/c1-6-30-23(29)20-16-21(24(3,4)5)27(25-20)18-12-14-26(15-13-18)22(28)17(2)31-19-10-8-7-9-11-19/h7-11,16-18H,6,12-15H2,1-5H3. The molecule has 1 aromatic carbocycles. The number of para-hydroxylation sites is 1. The van der Waals surface area contributed by atoms with Crippen LogP contribution < -0.4 is 4.74 Å². The Morgan fingerprint density at radius 2 is 1.81 bits per heavy atom. The van der Waals surface area contributed by atoms with Gasteiger partial charge in [-0.05, 0) is 44.9 Å². The Balaban J connectivity index is 1.67. The second-order valence-corrected chi connectivity index (χ2v) is 8.96. The number of ether oxygens (including phenoxy) is 2. The third kappa shape index (κ3) is 5.46. The summed E-state index contributed by atoms with van der Waals surface area (Å²) in [6.07, 6.45) is 1.01. The SMILES string of the molecule is CCOC(=O)c1cc(C(C)(C)C)n(C2CCN(C(=O)C(C)Oc3ccccc3)CC2)n1.